The van der Waals surface area contributed by atoms with E-state index < -0.39 is 24.1 Å². The summed E-state index contributed by atoms with van der Waals surface area (Å²) in [4.78, 5) is 19.5. The van der Waals surface area contributed by atoms with Crippen molar-refractivity contribution in [1.82, 2.24) is 0 Å². The van der Waals surface area contributed by atoms with Gasteiger partial charge in [0.05, 0.1) is 24.7 Å². The second-order valence-electron chi connectivity index (χ2n) is 7.32. The molecular formula is C19H29Cl2N2O6+. The smallest absolute Gasteiger partial charge is 0.335 e. The molecule has 1 aromatic rings. The van der Waals surface area contributed by atoms with Crippen LogP contribution in [0.15, 0.2) is 18.2 Å². The Hall–Kier alpha value is -1.42. The molecule has 1 saturated heterocycles. The Bertz CT molecular complexity index is 687. The summed E-state index contributed by atoms with van der Waals surface area (Å²) in [5.74, 6) is -2.87. The van der Waals surface area contributed by atoms with Crippen molar-refractivity contribution in [3.8, 4) is 0 Å². The van der Waals surface area contributed by atoms with Crippen LogP contribution in [0.25, 0.3) is 0 Å². The molecule has 0 amide bonds. The van der Waals surface area contributed by atoms with Gasteiger partial charge in [0.15, 0.2) is 12.2 Å². The standard InChI is InChI=1S/C15H23Cl2N2.C4H6O6/c1-2-6-19(7-5-12(9-18)10-19)11-13-3-4-14(16)8-15(13)17;5-1(3(7)8)2(6)4(9)10/h3-4,8,12H,2,5-7,9-11,18H2,1H3;1-2,5-6H,(H,7,8)(H,9,10)/q+1;/t12-,19?;/m0./s1. The second-order valence-corrected chi connectivity index (χ2v) is 8.17. The van der Waals surface area contributed by atoms with E-state index in [0.717, 1.165) is 22.6 Å². The molecule has 0 saturated carbocycles. The minimum atomic E-state index is -2.27. The third kappa shape index (κ3) is 7.73. The highest BCUT2D eigenvalue weighted by Crippen LogP contribution is 2.31. The maximum atomic E-state index is 9.77. The third-order valence-electron chi connectivity index (χ3n) is 5.01. The van der Waals surface area contributed by atoms with Gasteiger partial charge in [0.25, 0.3) is 0 Å². The highest BCUT2D eigenvalue weighted by molar-refractivity contribution is 6.35. The molecule has 0 spiro atoms. The molecule has 1 aliphatic rings. The zero-order valence-corrected chi connectivity index (χ0v) is 17.8. The number of rotatable bonds is 8. The van der Waals surface area contributed by atoms with Gasteiger partial charge in [-0.2, -0.15) is 0 Å². The Labute approximate surface area is 180 Å². The lowest BCUT2D eigenvalue weighted by atomic mass is 10.1. The van der Waals surface area contributed by atoms with Crippen molar-refractivity contribution in [3.63, 3.8) is 0 Å². The van der Waals surface area contributed by atoms with Crippen LogP contribution in [0.2, 0.25) is 10.0 Å². The predicted octanol–water partition coefficient (Wildman–Crippen LogP) is 1.58. The van der Waals surface area contributed by atoms with Crippen molar-refractivity contribution in [3.05, 3.63) is 33.8 Å². The van der Waals surface area contributed by atoms with Crippen LogP contribution in [0.1, 0.15) is 25.3 Å². The van der Waals surface area contributed by atoms with E-state index in [1.165, 1.54) is 38.0 Å². The van der Waals surface area contributed by atoms with Crippen molar-refractivity contribution >= 4 is 35.1 Å². The van der Waals surface area contributed by atoms with Gasteiger partial charge in [-0.05, 0) is 18.6 Å². The van der Waals surface area contributed by atoms with Gasteiger partial charge >= 0.3 is 11.9 Å². The topological polar surface area (TPSA) is 141 Å². The van der Waals surface area contributed by atoms with Gasteiger partial charge in [-0.1, -0.05) is 36.2 Å². The van der Waals surface area contributed by atoms with Crippen LogP contribution in [0.3, 0.4) is 0 Å². The quantitative estimate of drug-likeness (QED) is 0.377. The molecular weight excluding hydrogens is 423 g/mol. The molecule has 4 atom stereocenters. The third-order valence-corrected chi connectivity index (χ3v) is 5.60. The average Bonchev–Trinajstić information content (AvgIpc) is 3.06. The summed E-state index contributed by atoms with van der Waals surface area (Å²) in [6.07, 6.45) is -2.10. The summed E-state index contributed by atoms with van der Waals surface area (Å²) >= 11 is 12.3. The number of aliphatic hydroxyl groups is 2. The van der Waals surface area contributed by atoms with Gasteiger partial charge in [0, 0.05) is 29.5 Å². The molecule has 0 aliphatic carbocycles. The highest BCUT2D eigenvalue weighted by atomic mass is 35.5. The highest BCUT2D eigenvalue weighted by Gasteiger charge is 2.37. The van der Waals surface area contributed by atoms with E-state index in [1.54, 1.807) is 0 Å². The molecule has 2 rings (SSSR count). The Kier molecular flexibility index (Phi) is 10.3. The fourth-order valence-corrected chi connectivity index (χ4v) is 4.03. The minimum Gasteiger partial charge on any atom is -0.479 e. The lowest BCUT2D eigenvalue weighted by Crippen LogP contribution is -2.46. The number of likely N-dealkylation sites (tertiary alicyclic amines) is 1. The first-order chi connectivity index (χ1) is 13.5. The number of carboxylic acid groups (broad SMARTS) is 2. The first kappa shape index (κ1) is 25.6. The normalized spacial score (nSPS) is 23.0. The van der Waals surface area contributed by atoms with Crippen LogP contribution < -0.4 is 5.73 Å². The molecule has 1 aliphatic heterocycles. The van der Waals surface area contributed by atoms with E-state index in [-0.39, 0.29) is 0 Å². The van der Waals surface area contributed by atoms with E-state index in [0.29, 0.717) is 10.9 Å². The molecule has 0 aromatic heterocycles. The van der Waals surface area contributed by atoms with Crippen molar-refractivity contribution < 1.29 is 34.5 Å². The zero-order valence-electron chi connectivity index (χ0n) is 16.3. The summed E-state index contributed by atoms with van der Waals surface area (Å²) in [6.45, 7) is 7.66. The van der Waals surface area contributed by atoms with Gasteiger partial charge in [-0.25, -0.2) is 9.59 Å². The number of carboxylic acids is 2. The van der Waals surface area contributed by atoms with Gasteiger partial charge in [-0.3, -0.25) is 0 Å². The van der Waals surface area contributed by atoms with Crippen molar-refractivity contribution in [2.24, 2.45) is 11.7 Å². The SMILES string of the molecule is CCC[N+]1(Cc2ccc(Cl)cc2Cl)CC[C@@H](CN)C1.O=C(O)C(O)C(O)C(=O)O. The lowest BCUT2D eigenvalue weighted by molar-refractivity contribution is -0.931. The summed E-state index contributed by atoms with van der Waals surface area (Å²) < 4.78 is 1.12. The van der Waals surface area contributed by atoms with Gasteiger partial charge in [0.1, 0.15) is 6.54 Å². The first-order valence-electron chi connectivity index (χ1n) is 9.36. The van der Waals surface area contributed by atoms with Gasteiger partial charge < -0.3 is 30.6 Å². The molecule has 1 heterocycles. The van der Waals surface area contributed by atoms with Crippen LogP contribution in [-0.2, 0) is 16.1 Å². The molecule has 0 radical (unpaired) electrons. The Balaban J connectivity index is 0.000000359. The lowest BCUT2D eigenvalue weighted by Gasteiger charge is -2.35. The molecule has 164 valence electrons. The van der Waals surface area contributed by atoms with E-state index in [4.69, 9.17) is 49.4 Å². The molecule has 1 aromatic carbocycles. The van der Waals surface area contributed by atoms with E-state index in [2.05, 4.69) is 13.0 Å². The van der Waals surface area contributed by atoms with E-state index >= 15 is 0 Å². The molecule has 0 bridgehead atoms. The van der Waals surface area contributed by atoms with Crippen molar-refractivity contribution in [2.45, 2.75) is 38.5 Å². The summed E-state index contributed by atoms with van der Waals surface area (Å²) in [7, 11) is 0. The summed E-state index contributed by atoms with van der Waals surface area (Å²) in [5.41, 5.74) is 7.05. The summed E-state index contributed by atoms with van der Waals surface area (Å²) in [5, 5.41) is 34.0. The molecule has 10 heteroatoms. The average molecular weight is 452 g/mol. The van der Waals surface area contributed by atoms with Crippen LogP contribution in [0.5, 0.6) is 0 Å². The first-order valence-corrected chi connectivity index (χ1v) is 10.1. The van der Waals surface area contributed by atoms with E-state index in [1.807, 2.05) is 12.1 Å². The van der Waals surface area contributed by atoms with Crippen molar-refractivity contribution in [1.29, 1.82) is 0 Å². The number of aliphatic carboxylic acids is 2. The second kappa shape index (κ2) is 11.7. The number of aliphatic hydroxyl groups excluding tert-OH is 2. The molecule has 29 heavy (non-hydrogen) atoms. The Morgan fingerprint density at radius 3 is 2.21 bits per heavy atom. The maximum absolute atomic E-state index is 9.77. The molecule has 8 nitrogen and oxygen atoms in total. The molecule has 3 unspecified atom stereocenters. The number of benzene rings is 1. The van der Waals surface area contributed by atoms with Gasteiger partial charge in [-0.15, -0.1) is 0 Å². The minimum absolute atomic E-state index is 0.664. The maximum Gasteiger partial charge on any atom is 0.335 e. The predicted molar refractivity (Wildman–Crippen MR) is 110 cm³/mol. The number of hydrogen-bond acceptors (Lipinski definition) is 5. The number of halogens is 2. The number of carbonyl (C=O) groups is 2. The van der Waals surface area contributed by atoms with Crippen LogP contribution in [0, 0.1) is 5.92 Å². The summed E-state index contributed by atoms with van der Waals surface area (Å²) in [6, 6.07) is 5.84. The fraction of sp³-hybridized carbons (Fsp3) is 0.579. The van der Waals surface area contributed by atoms with Gasteiger partial charge in [0.2, 0.25) is 0 Å². The van der Waals surface area contributed by atoms with E-state index in [9.17, 15) is 9.59 Å². The Morgan fingerprint density at radius 1 is 1.21 bits per heavy atom. The number of nitrogens with two attached hydrogens (primary N) is 1. The number of quaternary nitrogens is 1. The van der Waals surface area contributed by atoms with Crippen LogP contribution in [-0.4, -0.2) is 75.2 Å². The van der Waals surface area contributed by atoms with Crippen LogP contribution >= 0.6 is 23.2 Å². The molecule has 6 N–H and O–H groups in total. The zero-order chi connectivity index (χ0) is 22.2. The van der Waals surface area contributed by atoms with Crippen LogP contribution in [0.4, 0.5) is 0 Å². The number of nitrogens with zero attached hydrogens (tertiary/aromatic N) is 1. The Morgan fingerprint density at radius 2 is 1.79 bits per heavy atom. The fourth-order valence-electron chi connectivity index (χ4n) is 3.56. The monoisotopic (exact) mass is 451 g/mol. The number of hydrogen-bond donors (Lipinski definition) is 5. The molecule has 1 fully saturated rings. The largest absolute Gasteiger partial charge is 0.479 e. The van der Waals surface area contributed by atoms with Crippen molar-refractivity contribution in [2.75, 3.05) is 26.2 Å².